The molecule has 162 valence electrons. The quantitative estimate of drug-likeness (QED) is 0.385. The molecule has 0 bridgehead atoms. The maximum Gasteiger partial charge on any atom is 0.284 e. The van der Waals surface area contributed by atoms with Crippen LogP contribution in [0.15, 0.2) is 130 Å². The topological polar surface area (TPSA) is 51.0 Å². The summed E-state index contributed by atoms with van der Waals surface area (Å²) in [4.78, 5) is 13.0. The minimum Gasteiger partial charge on any atom is -0.459 e. The molecule has 5 heteroatoms. The van der Waals surface area contributed by atoms with Crippen molar-refractivity contribution in [1.82, 2.24) is 0 Å². The first-order chi connectivity index (χ1) is 16.2. The minimum atomic E-state index is -0.938. The monoisotopic (exact) mass is 450 g/mol. The largest absolute Gasteiger partial charge is 0.459 e. The molecule has 5 rings (SSSR count). The molecule has 4 aromatic rings. The zero-order valence-electron chi connectivity index (χ0n) is 17.9. The maximum atomic E-state index is 13.0. The summed E-state index contributed by atoms with van der Waals surface area (Å²) in [6.07, 6.45) is 0. The van der Waals surface area contributed by atoms with Crippen molar-refractivity contribution in [3.8, 4) is 0 Å². The van der Waals surface area contributed by atoms with Crippen LogP contribution in [-0.4, -0.2) is 17.6 Å². The number of carbonyl (C=O) groups is 1. The lowest BCUT2D eigenvalue weighted by molar-refractivity contribution is 0.100. The predicted molar refractivity (Wildman–Crippen MR) is 133 cm³/mol. The smallest absolute Gasteiger partial charge is 0.284 e. The van der Waals surface area contributed by atoms with Crippen LogP contribution in [0.1, 0.15) is 27.0 Å². The van der Waals surface area contributed by atoms with Gasteiger partial charge in [0, 0.05) is 33.1 Å². The number of amides is 1. The van der Waals surface area contributed by atoms with Gasteiger partial charge in [-0.1, -0.05) is 97.1 Å². The van der Waals surface area contributed by atoms with Crippen molar-refractivity contribution in [2.45, 2.75) is 5.60 Å². The third-order valence-electron chi connectivity index (χ3n) is 5.50. The van der Waals surface area contributed by atoms with Gasteiger partial charge in [0.1, 0.15) is 0 Å². The van der Waals surface area contributed by atoms with E-state index in [0.717, 1.165) is 16.7 Å². The number of benzene rings is 4. The second kappa shape index (κ2) is 9.35. The highest BCUT2D eigenvalue weighted by molar-refractivity contribution is 7.86. The van der Waals surface area contributed by atoms with Gasteiger partial charge >= 0.3 is 0 Å². The first kappa shape index (κ1) is 21.0. The van der Waals surface area contributed by atoms with Gasteiger partial charge in [-0.05, 0) is 24.3 Å². The number of carbonyl (C=O) groups excluding carboxylic acids is 1. The minimum absolute atomic E-state index is 0.271. The Morgan fingerprint density at radius 1 is 0.727 bits per heavy atom. The lowest BCUT2D eigenvalue weighted by Gasteiger charge is -2.38. The average molecular weight is 451 g/mol. The SMILES string of the molecule is O=C(N=S1CC(c2ccccc2)(c2ccccc2)OC(c2ccccc2)=N1)c1ccccc1. The molecule has 1 unspecified atom stereocenters. The van der Waals surface area contributed by atoms with Crippen LogP contribution < -0.4 is 0 Å². The first-order valence-electron chi connectivity index (χ1n) is 10.7. The second-order valence-corrected chi connectivity index (χ2v) is 9.00. The normalized spacial score (nSPS) is 17.1. The molecule has 0 N–H and O–H groups in total. The fourth-order valence-electron chi connectivity index (χ4n) is 3.86. The highest BCUT2D eigenvalue weighted by atomic mass is 32.2. The fraction of sp³-hybridized carbons (Fsp3) is 0.0714. The Kier molecular flexibility index (Phi) is 5.96. The zero-order chi connectivity index (χ0) is 22.5. The summed E-state index contributed by atoms with van der Waals surface area (Å²) in [7, 11) is -0.938. The summed E-state index contributed by atoms with van der Waals surface area (Å²) in [5.41, 5.74) is 2.59. The van der Waals surface area contributed by atoms with E-state index in [1.165, 1.54) is 0 Å². The summed E-state index contributed by atoms with van der Waals surface area (Å²) in [5, 5.41) is 0. The molecule has 0 aliphatic carbocycles. The van der Waals surface area contributed by atoms with Crippen molar-refractivity contribution in [1.29, 1.82) is 0 Å². The molecule has 0 spiro atoms. The van der Waals surface area contributed by atoms with Crippen LogP contribution in [0.25, 0.3) is 0 Å². The van der Waals surface area contributed by atoms with Gasteiger partial charge in [0.2, 0.25) is 5.90 Å². The summed E-state index contributed by atoms with van der Waals surface area (Å²) >= 11 is 0. The van der Waals surface area contributed by atoms with E-state index in [-0.39, 0.29) is 5.91 Å². The van der Waals surface area contributed by atoms with Crippen LogP contribution in [0.2, 0.25) is 0 Å². The molecule has 4 nitrogen and oxygen atoms in total. The molecular weight excluding hydrogens is 428 g/mol. The van der Waals surface area contributed by atoms with Crippen molar-refractivity contribution in [2.24, 2.45) is 8.76 Å². The van der Waals surface area contributed by atoms with Crippen LogP contribution in [0.4, 0.5) is 0 Å². The number of rotatable bonds is 4. The van der Waals surface area contributed by atoms with E-state index in [9.17, 15) is 4.79 Å². The number of hydrogen-bond acceptors (Lipinski definition) is 2. The molecule has 1 atom stereocenters. The lowest BCUT2D eigenvalue weighted by Crippen LogP contribution is -2.42. The van der Waals surface area contributed by atoms with E-state index < -0.39 is 16.5 Å². The summed E-state index contributed by atoms with van der Waals surface area (Å²) in [6, 6.07) is 39.1. The summed E-state index contributed by atoms with van der Waals surface area (Å²) < 4.78 is 16.1. The molecule has 0 aromatic heterocycles. The Balaban J connectivity index is 1.68. The van der Waals surface area contributed by atoms with Gasteiger partial charge in [0.05, 0.1) is 5.75 Å². The first-order valence-corrected chi connectivity index (χ1v) is 12.0. The van der Waals surface area contributed by atoms with E-state index in [0.29, 0.717) is 17.2 Å². The molecule has 0 radical (unpaired) electrons. The van der Waals surface area contributed by atoms with E-state index in [4.69, 9.17) is 9.13 Å². The molecule has 1 aliphatic rings. The van der Waals surface area contributed by atoms with Crippen molar-refractivity contribution in [2.75, 3.05) is 5.75 Å². The van der Waals surface area contributed by atoms with Gasteiger partial charge in [0.25, 0.3) is 5.91 Å². The van der Waals surface area contributed by atoms with Crippen molar-refractivity contribution < 1.29 is 9.53 Å². The third kappa shape index (κ3) is 4.41. The maximum absolute atomic E-state index is 13.0. The molecular formula is C28H22N2O2S. The number of hydrogen-bond donors (Lipinski definition) is 0. The molecule has 33 heavy (non-hydrogen) atoms. The second-order valence-electron chi connectivity index (χ2n) is 7.67. The number of ether oxygens (including phenoxy) is 1. The van der Waals surface area contributed by atoms with E-state index in [2.05, 4.69) is 28.6 Å². The Bertz CT molecular complexity index is 1270. The molecule has 0 saturated heterocycles. The molecule has 0 saturated carbocycles. The van der Waals surface area contributed by atoms with Crippen molar-refractivity contribution >= 4 is 22.7 Å². The summed E-state index contributed by atoms with van der Waals surface area (Å²) in [6.45, 7) is 0. The van der Waals surface area contributed by atoms with Crippen molar-refractivity contribution in [3.05, 3.63) is 144 Å². The van der Waals surface area contributed by atoms with Crippen LogP contribution in [-0.2, 0) is 21.2 Å². The predicted octanol–water partition coefficient (Wildman–Crippen LogP) is 5.96. The highest BCUT2D eigenvalue weighted by Crippen LogP contribution is 2.39. The Labute approximate surface area is 195 Å². The van der Waals surface area contributed by atoms with E-state index >= 15 is 0 Å². The van der Waals surface area contributed by atoms with Crippen LogP contribution >= 0.6 is 0 Å². The van der Waals surface area contributed by atoms with Crippen molar-refractivity contribution in [3.63, 3.8) is 0 Å². The summed E-state index contributed by atoms with van der Waals surface area (Å²) in [5.74, 6) is 0.658. The van der Waals surface area contributed by atoms with Gasteiger partial charge < -0.3 is 4.74 Å². The molecule has 1 heterocycles. The fourth-order valence-corrected chi connectivity index (χ4v) is 5.42. The lowest BCUT2D eigenvalue weighted by atomic mass is 9.87. The van der Waals surface area contributed by atoms with E-state index in [1.54, 1.807) is 12.1 Å². The van der Waals surface area contributed by atoms with E-state index in [1.807, 2.05) is 84.9 Å². The molecule has 0 fully saturated rings. The van der Waals surface area contributed by atoms with Crippen LogP contribution in [0, 0.1) is 0 Å². The van der Waals surface area contributed by atoms with Gasteiger partial charge in [-0.2, -0.15) is 8.76 Å². The zero-order valence-corrected chi connectivity index (χ0v) is 18.7. The molecule has 4 aromatic carbocycles. The van der Waals surface area contributed by atoms with Gasteiger partial charge in [-0.25, -0.2) is 0 Å². The number of nitrogens with zero attached hydrogens (tertiary/aromatic N) is 2. The third-order valence-corrected chi connectivity index (χ3v) is 6.92. The van der Waals surface area contributed by atoms with Gasteiger partial charge in [-0.15, -0.1) is 0 Å². The van der Waals surface area contributed by atoms with Crippen LogP contribution in [0.3, 0.4) is 0 Å². The van der Waals surface area contributed by atoms with Crippen LogP contribution in [0.5, 0.6) is 0 Å². The van der Waals surface area contributed by atoms with Gasteiger partial charge in [0.15, 0.2) is 5.60 Å². The average Bonchev–Trinajstić information content (AvgIpc) is 2.90. The van der Waals surface area contributed by atoms with Gasteiger partial charge in [-0.3, -0.25) is 4.79 Å². The Morgan fingerprint density at radius 3 is 1.76 bits per heavy atom. The highest BCUT2D eigenvalue weighted by Gasteiger charge is 2.42. The molecule has 1 aliphatic heterocycles. The Morgan fingerprint density at radius 2 is 1.21 bits per heavy atom. The Hall–Kier alpha value is -3.83. The standard InChI is InChI=1S/C28H22N2O2S/c31-26(22-13-5-1-6-14-22)29-33-21-28(24-17-9-3-10-18-24,25-19-11-4-12-20-25)32-27(30-33)23-15-7-2-8-16-23/h1-20H,21H2. The molecule has 1 amide bonds.